The number of carbonyl (C=O) groups excluding carboxylic acids is 4. The lowest BCUT2D eigenvalue weighted by molar-refractivity contribution is -0.138. The molecule has 0 heterocycles. The Balaban J connectivity index is 1.25. The highest BCUT2D eigenvalue weighted by atomic mass is 32.2. The van der Waals surface area contributed by atoms with Crippen LogP contribution in [-0.4, -0.2) is 82.1 Å². The van der Waals surface area contributed by atoms with Crippen molar-refractivity contribution in [1.29, 1.82) is 0 Å². The molecule has 0 aromatic heterocycles. The van der Waals surface area contributed by atoms with Gasteiger partial charge in [-0.25, -0.2) is 0 Å². The van der Waals surface area contributed by atoms with Crippen LogP contribution in [0.1, 0.15) is 42.4 Å². The minimum atomic E-state index is -1.22. The van der Waals surface area contributed by atoms with Gasteiger partial charge < -0.3 is 31.5 Å². The normalized spacial score (nSPS) is 14.6. The number of thiol groups is 1. The first kappa shape index (κ1) is 38.2. The number of benzene rings is 3. The van der Waals surface area contributed by atoms with E-state index < -0.39 is 65.1 Å². The van der Waals surface area contributed by atoms with Crippen LogP contribution in [0, 0.1) is 0 Å². The second kappa shape index (κ2) is 18.4. The maximum absolute atomic E-state index is 12.7. The summed E-state index contributed by atoms with van der Waals surface area (Å²) in [4.78, 5) is 60.7. The summed E-state index contributed by atoms with van der Waals surface area (Å²) >= 11 is 5.90. The fourth-order valence-electron chi connectivity index (χ4n) is 5.43. The Kier molecular flexibility index (Phi) is 14.1. The molecule has 11 nitrogen and oxygen atoms in total. The zero-order valence-electron chi connectivity index (χ0n) is 27.4. The Hall–Kier alpha value is -4.59. The highest BCUT2D eigenvalue weighted by Gasteiger charge is 2.51. The van der Waals surface area contributed by atoms with E-state index in [1.807, 2.05) is 60.7 Å². The Labute approximate surface area is 301 Å². The Bertz CT molecular complexity index is 1540. The monoisotopic (exact) mass is 718 g/mol. The SMILES string of the molecule is O=C(O)CNC(=O)C1(NC(=O)[C@@H](CS)NC(=O)CNC(=O)C[C@H](O)/C=C/CCSC(c2ccccc2)(c2ccccc2)c2ccccc2)CC1. The lowest BCUT2D eigenvalue weighted by atomic mass is 9.84. The van der Waals surface area contributed by atoms with Gasteiger partial charge in [0, 0.05) is 5.75 Å². The standard InChI is InChI=1S/C37H42N4O7S2/c42-29(22-31(43)38-23-32(44)40-30(25-49)34(47)41-36(19-20-36)35(48)39-24-33(45)46)18-10-11-21-50-37(26-12-4-1-5-13-26,27-14-6-2-7-15-27)28-16-8-3-9-17-28/h1-10,12-18,29-30,42,49H,11,19-25H2,(H,38,43)(H,39,48)(H,40,44)(H,41,47)(H,45,46)/b18-10+/t29-,30-/m1/s1. The predicted octanol–water partition coefficient (Wildman–Crippen LogP) is 2.79. The van der Waals surface area contributed by atoms with Gasteiger partial charge in [-0.15, -0.1) is 11.8 Å². The molecule has 1 fully saturated rings. The number of aliphatic hydroxyl groups excluding tert-OH is 1. The molecular formula is C37H42N4O7S2. The molecule has 6 N–H and O–H groups in total. The van der Waals surface area contributed by atoms with Crippen molar-refractivity contribution < 1.29 is 34.2 Å². The van der Waals surface area contributed by atoms with Crippen molar-refractivity contribution in [3.63, 3.8) is 0 Å². The van der Waals surface area contributed by atoms with E-state index in [0.29, 0.717) is 19.3 Å². The summed E-state index contributed by atoms with van der Waals surface area (Å²) in [5.74, 6) is -3.05. The van der Waals surface area contributed by atoms with Gasteiger partial charge in [0.1, 0.15) is 18.1 Å². The van der Waals surface area contributed by atoms with Crippen molar-refractivity contribution in [3.05, 3.63) is 120 Å². The summed E-state index contributed by atoms with van der Waals surface area (Å²) in [5.41, 5.74) is 2.24. The minimum Gasteiger partial charge on any atom is -0.480 e. The van der Waals surface area contributed by atoms with Crippen molar-refractivity contribution >= 4 is 54.0 Å². The number of aliphatic hydroxyl groups is 1. The molecule has 13 heteroatoms. The van der Waals surface area contributed by atoms with Crippen molar-refractivity contribution in [2.45, 2.75) is 48.1 Å². The van der Waals surface area contributed by atoms with E-state index in [9.17, 15) is 29.1 Å². The Morgan fingerprint density at radius 3 is 1.84 bits per heavy atom. The molecule has 0 aliphatic heterocycles. The van der Waals surface area contributed by atoms with Gasteiger partial charge in [0.2, 0.25) is 23.6 Å². The van der Waals surface area contributed by atoms with Gasteiger partial charge in [-0.3, -0.25) is 24.0 Å². The first-order valence-corrected chi connectivity index (χ1v) is 17.9. The summed E-state index contributed by atoms with van der Waals surface area (Å²) in [7, 11) is 0. The van der Waals surface area contributed by atoms with Crippen molar-refractivity contribution in [2.24, 2.45) is 0 Å². The van der Waals surface area contributed by atoms with Crippen LogP contribution < -0.4 is 21.3 Å². The van der Waals surface area contributed by atoms with E-state index in [1.165, 1.54) is 0 Å². The first-order chi connectivity index (χ1) is 24.1. The Morgan fingerprint density at radius 1 is 0.820 bits per heavy atom. The maximum atomic E-state index is 12.7. The number of aliphatic carboxylic acids is 1. The van der Waals surface area contributed by atoms with Gasteiger partial charge in [0.15, 0.2) is 0 Å². The average molecular weight is 719 g/mol. The summed E-state index contributed by atoms with van der Waals surface area (Å²) in [5, 5.41) is 29.0. The Morgan fingerprint density at radius 2 is 1.36 bits per heavy atom. The van der Waals surface area contributed by atoms with Crippen LogP contribution in [0.25, 0.3) is 0 Å². The number of rotatable bonds is 19. The van der Waals surface area contributed by atoms with E-state index >= 15 is 0 Å². The second-order valence-corrected chi connectivity index (χ2v) is 13.5. The molecule has 2 atom stereocenters. The molecule has 3 aromatic rings. The number of allylic oxidation sites excluding steroid dienone is 1. The molecule has 4 rings (SSSR count). The molecule has 0 saturated heterocycles. The van der Waals surface area contributed by atoms with Crippen LogP contribution in [0.2, 0.25) is 0 Å². The van der Waals surface area contributed by atoms with E-state index in [-0.39, 0.29) is 12.2 Å². The number of carboxylic acid groups (broad SMARTS) is 1. The molecule has 0 radical (unpaired) electrons. The quantitative estimate of drug-likeness (QED) is 0.0429. The molecule has 50 heavy (non-hydrogen) atoms. The number of nitrogens with one attached hydrogen (secondary N) is 4. The summed E-state index contributed by atoms with van der Waals surface area (Å²) < 4.78 is -0.459. The number of hydrogen-bond donors (Lipinski definition) is 7. The molecule has 0 unspecified atom stereocenters. The van der Waals surface area contributed by atoms with Gasteiger partial charge in [-0.1, -0.05) is 103 Å². The third-order valence-electron chi connectivity index (χ3n) is 8.12. The van der Waals surface area contributed by atoms with Crippen LogP contribution >= 0.6 is 24.4 Å². The summed E-state index contributed by atoms with van der Waals surface area (Å²) in [6, 6.07) is 29.9. The number of thioether (sulfide) groups is 1. The molecule has 264 valence electrons. The average Bonchev–Trinajstić information content (AvgIpc) is 3.91. The van der Waals surface area contributed by atoms with Crippen LogP contribution in [0.5, 0.6) is 0 Å². The molecule has 4 amide bonds. The highest BCUT2D eigenvalue weighted by molar-refractivity contribution is 8.00. The summed E-state index contributed by atoms with van der Waals surface area (Å²) in [6.45, 7) is -1.01. The largest absolute Gasteiger partial charge is 0.480 e. The van der Waals surface area contributed by atoms with Crippen LogP contribution in [0.3, 0.4) is 0 Å². The molecule has 0 spiro atoms. The van der Waals surface area contributed by atoms with E-state index in [4.69, 9.17) is 5.11 Å². The number of amides is 4. The lowest BCUT2D eigenvalue weighted by Crippen LogP contribution is -2.57. The van der Waals surface area contributed by atoms with Gasteiger partial charge in [0.05, 0.1) is 23.8 Å². The van der Waals surface area contributed by atoms with Crippen molar-refractivity contribution in [2.75, 3.05) is 24.6 Å². The lowest BCUT2D eigenvalue weighted by Gasteiger charge is -2.35. The minimum absolute atomic E-state index is 0.0801. The smallest absolute Gasteiger partial charge is 0.322 e. The zero-order chi connectivity index (χ0) is 36.0. The number of hydrogen-bond acceptors (Lipinski definition) is 8. The van der Waals surface area contributed by atoms with Gasteiger partial charge in [0.25, 0.3) is 0 Å². The topological polar surface area (TPSA) is 174 Å². The fourth-order valence-corrected chi connectivity index (χ4v) is 7.16. The van der Waals surface area contributed by atoms with E-state index in [1.54, 1.807) is 17.8 Å². The molecule has 1 saturated carbocycles. The van der Waals surface area contributed by atoms with Gasteiger partial charge >= 0.3 is 5.97 Å². The van der Waals surface area contributed by atoms with Crippen LogP contribution in [-0.2, 0) is 28.7 Å². The van der Waals surface area contributed by atoms with E-state index in [0.717, 1.165) is 22.4 Å². The molecule has 3 aromatic carbocycles. The highest BCUT2D eigenvalue weighted by Crippen LogP contribution is 2.48. The third kappa shape index (κ3) is 10.5. The predicted molar refractivity (Wildman–Crippen MR) is 196 cm³/mol. The first-order valence-electron chi connectivity index (χ1n) is 16.2. The number of carbonyl (C=O) groups is 5. The molecule has 0 bridgehead atoms. The molecule has 1 aliphatic rings. The number of carboxylic acids is 1. The third-order valence-corrected chi connectivity index (χ3v) is 10.1. The second-order valence-electron chi connectivity index (χ2n) is 11.8. The maximum Gasteiger partial charge on any atom is 0.322 e. The molecule has 1 aliphatic carbocycles. The van der Waals surface area contributed by atoms with E-state index in [2.05, 4.69) is 70.3 Å². The summed E-state index contributed by atoms with van der Waals surface area (Å²) in [6.07, 6.45) is 3.38. The van der Waals surface area contributed by atoms with Gasteiger partial charge in [-0.05, 0) is 41.7 Å². The van der Waals surface area contributed by atoms with Crippen molar-refractivity contribution in [3.8, 4) is 0 Å². The van der Waals surface area contributed by atoms with Gasteiger partial charge in [-0.2, -0.15) is 12.6 Å². The zero-order valence-corrected chi connectivity index (χ0v) is 29.1. The van der Waals surface area contributed by atoms with Crippen LogP contribution in [0.4, 0.5) is 0 Å². The molecular weight excluding hydrogens is 677 g/mol. The fraction of sp³-hybridized carbons (Fsp3) is 0.324. The van der Waals surface area contributed by atoms with Crippen LogP contribution in [0.15, 0.2) is 103 Å². The van der Waals surface area contributed by atoms with Crippen molar-refractivity contribution in [1.82, 2.24) is 21.3 Å².